The fraction of sp³-hybridized carbons (Fsp3) is 0.760. The van der Waals surface area contributed by atoms with Crippen LogP contribution in [0.15, 0.2) is 24.3 Å². The summed E-state index contributed by atoms with van der Waals surface area (Å²) in [5.41, 5.74) is 3.08. The van der Waals surface area contributed by atoms with Gasteiger partial charge < -0.3 is 0 Å². The van der Waals surface area contributed by atoms with Crippen molar-refractivity contribution in [2.45, 2.75) is 97.3 Å². The standard InChI is InChI=1S/C25H40/c1-4-6-19(3)21-11-13-23(14-12-21)25-17-15-24(16-18-25)22-9-7-20(5-2)8-10-22/h7-10,19,21,23-25H,4-6,11-18H2,1-3H3. The van der Waals surface area contributed by atoms with Crippen molar-refractivity contribution < 1.29 is 0 Å². The molecule has 1 unspecified atom stereocenters. The maximum absolute atomic E-state index is 2.50. The van der Waals surface area contributed by atoms with Crippen LogP contribution >= 0.6 is 0 Å². The van der Waals surface area contributed by atoms with Gasteiger partial charge in [-0.2, -0.15) is 0 Å². The van der Waals surface area contributed by atoms with E-state index >= 15 is 0 Å². The summed E-state index contributed by atoms with van der Waals surface area (Å²) >= 11 is 0. The van der Waals surface area contributed by atoms with Crippen molar-refractivity contribution in [2.75, 3.05) is 0 Å². The Morgan fingerprint density at radius 2 is 1.36 bits per heavy atom. The Hall–Kier alpha value is -0.780. The van der Waals surface area contributed by atoms with Gasteiger partial charge in [-0.3, -0.25) is 0 Å². The smallest absolute Gasteiger partial charge is 0.0162 e. The van der Waals surface area contributed by atoms with Crippen LogP contribution in [0.2, 0.25) is 0 Å². The van der Waals surface area contributed by atoms with E-state index in [0.29, 0.717) is 0 Å². The zero-order valence-electron chi connectivity index (χ0n) is 17.0. The van der Waals surface area contributed by atoms with Crippen molar-refractivity contribution >= 4 is 0 Å². The highest BCUT2D eigenvalue weighted by Gasteiger charge is 2.32. The van der Waals surface area contributed by atoms with Crippen LogP contribution in [-0.4, -0.2) is 0 Å². The number of hydrogen-bond donors (Lipinski definition) is 0. The summed E-state index contributed by atoms with van der Waals surface area (Å²) in [6.45, 7) is 7.10. The molecule has 3 rings (SSSR count). The molecule has 0 nitrogen and oxygen atoms in total. The lowest BCUT2D eigenvalue weighted by Gasteiger charge is -2.39. The van der Waals surface area contributed by atoms with E-state index in [1.165, 1.54) is 69.8 Å². The highest BCUT2D eigenvalue weighted by molar-refractivity contribution is 5.25. The van der Waals surface area contributed by atoms with Crippen molar-refractivity contribution in [2.24, 2.45) is 23.7 Å². The first-order valence-corrected chi connectivity index (χ1v) is 11.3. The first-order valence-electron chi connectivity index (χ1n) is 11.3. The molecule has 0 aliphatic heterocycles. The van der Waals surface area contributed by atoms with Gasteiger partial charge >= 0.3 is 0 Å². The lowest BCUT2D eigenvalue weighted by Crippen LogP contribution is -2.27. The molecule has 2 aliphatic rings. The molecule has 1 aromatic rings. The van der Waals surface area contributed by atoms with E-state index in [9.17, 15) is 0 Å². The zero-order chi connectivity index (χ0) is 17.6. The third-order valence-electron chi connectivity index (χ3n) is 7.66. The molecule has 2 saturated carbocycles. The summed E-state index contributed by atoms with van der Waals surface area (Å²) in [5, 5.41) is 0. The van der Waals surface area contributed by atoms with Gasteiger partial charge in [-0.1, -0.05) is 57.9 Å². The van der Waals surface area contributed by atoms with E-state index in [2.05, 4.69) is 45.0 Å². The minimum absolute atomic E-state index is 0.836. The Balaban J connectivity index is 1.45. The zero-order valence-corrected chi connectivity index (χ0v) is 17.0. The molecule has 0 N–H and O–H groups in total. The summed E-state index contributed by atoms with van der Waals surface area (Å²) < 4.78 is 0. The molecule has 0 saturated heterocycles. The number of rotatable bonds is 6. The molecule has 0 amide bonds. The van der Waals surface area contributed by atoms with Crippen LogP contribution in [0.1, 0.15) is 102 Å². The lowest BCUT2D eigenvalue weighted by atomic mass is 9.66. The van der Waals surface area contributed by atoms with Crippen LogP contribution in [0.4, 0.5) is 0 Å². The van der Waals surface area contributed by atoms with E-state index in [4.69, 9.17) is 0 Å². The van der Waals surface area contributed by atoms with Gasteiger partial charge in [0.15, 0.2) is 0 Å². The van der Waals surface area contributed by atoms with Crippen molar-refractivity contribution in [1.82, 2.24) is 0 Å². The molecular formula is C25H40. The van der Waals surface area contributed by atoms with Crippen molar-refractivity contribution in [1.29, 1.82) is 0 Å². The third-order valence-corrected chi connectivity index (χ3v) is 7.66. The maximum atomic E-state index is 2.50. The molecule has 0 spiro atoms. The summed E-state index contributed by atoms with van der Waals surface area (Å²) in [5.74, 6) is 4.92. The Morgan fingerprint density at radius 3 is 1.88 bits per heavy atom. The Kier molecular flexibility index (Phi) is 7.02. The van der Waals surface area contributed by atoms with E-state index in [1.807, 2.05) is 0 Å². The van der Waals surface area contributed by atoms with Gasteiger partial charge in [-0.25, -0.2) is 0 Å². The van der Waals surface area contributed by atoms with Crippen molar-refractivity contribution in [3.05, 3.63) is 35.4 Å². The second kappa shape index (κ2) is 9.24. The van der Waals surface area contributed by atoms with E-state index in [1.54, 1.807) is 5.56 Å². The van der Waals surface area contributed by atoms with Crippen LogP contribution < -0.4 is 0 Å². The molecule has 25 heavy (non-hydrogen) atoms. The summed E-state index contributed by atoms with van der Waals surface area (Å²) in [7, 11) is 0. The number of aryl methyl sites for hydroxylation is 1. The summed E-state index contributed by atoms with van der Waals surface area (Å²) in [6.07, 6.45) is 15.9. The maximum Gasteiger partial charge on any atom is -0.0162 e. The summed E-state index contributed by atoms with van der Waals surface area (Å²) in [6, 6.07) is 9.51. The second-order valence-corrected chi connectivity index (χ2v) is 9.15. The second-order valence-electron chi connectivity index (χ2n) is 9.15. The molecular weight excluding hydrogens is 300 g/mol. The van der Waals surface area contributed by atoms with Gasteiger partial charge in [-0.15, -0.1) is 0 Å². The van der Waals surface area contributed by atoms with E-state index in [-0.39, 0.29) is 0 Å². The van der Waals surface area contributed by atoms with Gasteiger partial charge in [0.25, 0.3) is 0 Å². The molecule has 0 heteroatoms. The van der Waals surface area contributed by atoms with Crippen molar-refractivity contribution in [3.8, 4) is 0 Å². The minimum atomic E-state index is 0.836. The SMILES string of the molecule is CCCC(C)C1CCC(C2CCC(c3ccc(CC)cc3)CC2)CC1. The predicted molar refractivity (Wildman–Crippen MR) is 110 cm³/mol. The first kappa shape index (κ1) is 19.0. The van der Waals surface area contributed by atoms with Crippen LogP contribution in [-0.2, 0) is 6.42 Å². The largest absolute Gasteiger partial charge is 0.0654 e. The van der Waals surface area contributed by atoms with Crippen LogP contribution in [0.5, 0.6) is 0 Å². The Morgan fingerprint density at radius 1 is 0.800 bits per heavy atom. The minimum Gasteiger partial charge on any atom is -0.0654 e. The molecule has 0 bridgehead atoms. The topological polar surface area (TPSA) is 0 Å². The number of benzene rings is 1. The molecule has 2 fully saturated rings. The van der Waals surface area contributed by atoms with Gasteiger partial charge in [0.1, 0.15) is 0 Å². The fourth-order valence-electron chi connectivity index (χ4n) is 5.83. The highest BCUT2D eigenvalue weighted by Crippen LogP contribution is 2.45. The lowest BCUT2D eigenvalue weighted by molar-refractivity contribution is 0.136. The normalized spacial score (nSPS) is 31.6. The summed E-state index contributed by atoms with van der Waals surface area (Å²) in [4.78, 5) is 0. The van der Waals surface area contributed by atoms with E-state index in [0.717, 1.165) is 36.0 Å². The van der Waals surface area contributed by atoms with Gasteiger partial charge in [-0.05, 0) is 98.5 Å². The van der Waals surface area contributed by atoms with E-state index < -0.39 is 0 Å². The van der Waals surface area contributed by atoms with Gasteiger partial charge in [0.2, 0.25) is 0 Å². The van der Waals surface area contributed by atoms with Crippen LogP contribution in [0.25, 0.3) is 0 Å². The molecule has 1 aromatic carbocycles. The molecule has 2 aliphatic carbocycles. The van der Waals surface area contributed by atoms with Gasteiger partial charge in [0, 0.05) is 0 Å². The van der Waals surface area contributed by atoms with Crippen molar-refractivity contribution in [3.63, 3.8) is 0 Å². The molecule has 1 atom stereocenters. The monoisotopic (exact) mass is 340 g/mol. The molecule has 0 radical (unpaired) electrons. The Bertz CT molecular complexity index is 483. The highest BCUT2D eigenvalue weighted by atomic mass is 14.4. The molecule has 0 aromatic heterocycles. The average Bonchev–Trinajstić information content (AvgIpc) is 2.68. The quantitative estimate of drug-likeness (QED) is 0.496. The van der Waals surface area contributed by atoms with Gasteiger partial charge in [0.05, 0.1) is 0 Å². The van der Waals surface area contributed by atoms with Crippen LogP contribution in [0, 0.1) is 23.7 Å². The molecule has 140 valence electrons. The number of hydrogen-bond acceptors (Lipinski definition) is 0. The van der Waals surface area contributed by atoms with Crippen LogP contribution in [0.3, 0.4) is 0 Å². The first-order chi connectivity index (χ1) is 12.2. The average molecular weight is 341 g/mol. The third kappa shape index (κ3) is 4.89. The molecule has 0 heterocycles. The fourth-order valence-corrected chi connectivity index (χ4v) is 5.83. The predicted octanol–water partition coefficient (Wildman–Crippen LogP) is 7.77. The Labute approximate surface area is 156 Å².